The Balaban J connectivity index is 1.17. The fourth-order valence-corrected chi connectivity index (χ4v) is 6.46. The highest BCUT2D eigenvalue weighted by molar-refractivity contribution is 8.00. The Kier molecular flexibility index (Phi) is 8.05. The maximum Gasteiger partial charge on any atom is 0.446 e. The van der Waals surface area contributed by atoms with E-state index in [0.717, 1.165) is 51.7 Å². The lowest BCUT2D eigenvalue weighted by Gasteiger charge is -2.34. The molecule has 2 aliphatic rings. The first-order valence-corrected chi connectivity index (χ1v) is 14.1. The van der Waals surface area contributed by atoms with Gasteiger partial charge in [0, 0.05) is 45.9 Å². The van der Waals surface area contributed by atoms with Crippen LogP contribution in [-0.2, 0) is 0 Å². The van der Waals surface area contributed by atoms with Crippen molar-refractivity contribution in [3.8, 4) is 0 Å². The number of hydrogen-bond donors (Lipinski definition) is 1. The number of ketones is 1. The first-order valence-electron chi connectivity index (χ1n) is 13.3. The lowest BCUT2D eigenvalue weighted by atomic mass is 9.88. The molecular formula is C29H31F4N3O2S. The summed E-state index contributed by atoms with van der Waals surface area (Å²) in [4.78, 5) is 33.7. The average Bonchev–Trinajstić information content (AvgIpc) is 3.49. The second kappa shape index (κ2) is 11.3. The Morgan fingerprint density at radius 3 is 2.41 bits per heavy atom. The van der Waals surface area contributed by atoms with Crippen LogP contribution in [0.4, 0.5) is 17.6 Å². The van der Waals surface area contributed by atoms with Crippen molar-refractivity contribution in [3.05, 3.63) is 65.6 Å². The highest BCUT2D eigenvalue weighted by Gasteiger charge is 2.36. The second-order valence-electron chi connectivity index (χ2n) is 10.5. The zero-order chi connectivity index (χ0) is 27.7. The highest BCUT2D eigenvalue weighted by atomic mass is 32.2. The van der Waals surface area contributed by atoms with Crippen LogP contribution in [-0.4, -0.2) is 63.7 Å². The van der Waals surface area contributed by atoms with Gasteiger partial charge in [0.2, 0.25) is 0 Å². The van der Waals surface area contributed by atoms with E-state index >= 15 is 0 Å². The van der Waals surface area contributed by atoms with Gasteiger partial charge in [-0.15, -0.1) is 0 Å². The molecule has 3 heterocycles. The zero-order valence-corrected chi connectivity index (χ0v) is 22.5. The molecule has 1 amide bonds. The van der Waals surface area contributed by atoms with Crippen molar-refractivity contribution in [2.45, 2.75) is 61.5 Å². The fourth-order valence-electron chi connectivity index (χ4n) is 5.88. The molecule has 0 spiro atoms. The number of amides is 1. The Labute approximate surface area is 228 Å². The third-order valence-electron chi connectivity index (χ3n) is 7.94. The average molecular weight is 562 g/mol. The molecule has 5 rings (SSSR count). The number of aromatic amines is 1. The number of hydrogen-bond acceptors (Lipinski definition) is 4. The molecule has 2 fully saturated rings. The molecule has 10 heteroatoms. The molecule has 2 saturated heterocycles. The third-order valence-corrected chi connectivity index (χ3v) is 8.67. The van der Waals surface area contributed by atoms with Gasteiger partial charge in [-0.05, 0) is 106 Å². The lowest BCUT2D eigenvalue weighted by Crippen LogP contribution is -2.43. The van der Waals surface area contributed by atoms with E-state index in [9.17, 15) is 27.2 Å². The fraction of sp³-hybridized carbons (Fsp3) is 0.448. The van der Waals surface area contributed by atoms with Crippen LogP contribution in [0.2, 0.25) is 0 Å². The SMILES string of the molecule is C[C@H]1CC[C@@H](CCN2CCC(C(=O)c3ccc(F)cc3)CC2)N1C(=O)c1cc2ccc(SC(F)(F)F)cc2[nH]1. The zero-order valence-electron chi connectivity index (χ0n) is 21.6. The molecular weight excluding hydrogens is 530 g/mol. The van der Waals surface area contributed by atoms with E-state index in [-0.39, 0.29) is 52.2 Å². The number of piperidine rings is 1. The molecule has 1 N–H and O–H groups in total. The minimum Gasteiger partial charge on any atom is -0.350 e. The van der Waals surface area contributed by atoms with Crippen molar-refractivity contribution in [2.24, 2.45) is 5.92 Å². The first-order chi connectivity index (χ1) is 18.6. The molecule has 2 aromatic carbocycles. The Morgan fingerprint density at radius 1 is 1.00 bits per heavy atom. The van der Waals surface area contributed by atoms with Gasteiger partial charge in [-0.1, -0.05) is 6.07 Å². The highest BCUT2D eigenvalue weighted by Crippen LogP contribution is 2.38. The van der Waals surface area contributed by atoms with E-state index in [2.05, 4.69) is 9.88 Å². The van der Waals surface area contributed by atoms with Gasteiger partial charge in [-0.2, -0.15) is 13.2 Å². The van der Waals surface area contributed by atoms with Gasteiger partial charge in [0.1, 0.15) is 11.5 Å². The second-order valence-corrected chi connectivity index (χ2v) is 11.7. The summed E-state index contributed by atoms with van der Waals surface area (Å²) in [5, 5.41) is 0.700. The van der Waals surface area contributed by atoms with Crippen LogP contribution < -0.4 is 0 Å². The van der Waals surface area contributed by atoms with E-state index < -0.39 is 5.51 Å². The molecule has 0 saturated carbocycles. The number of carbonyl (C=O) groups excluding carboxylic acids is 2. The summed E-state index contributed by atoms with van der Waals surface area (Å²) >= 11 is -0.172. The summed E-state index contributed by atoms with van der Waals surface area (Å²) in [6, 6.07) is 12.0. The van der Waals surface area contributed by atoms with E-state index in [1.165, 1.54) is 24.3 Å². The molecule has 0 unspecified atom stereocenters. The number of halogens is 4. The summed E-state index contributed by atoms with van der Waals surface area (Å²) in [5.74, 6) is -0.476. The van der Waals surface area contributed by atoms with Gasteiger partial charge in [-0.25, -0.2) is 4.39 Å². The predicted molar refractivity (Wildman–Crippen MR) is 143 cm³/mol. The monoisotopic (exact) mass is 561 g/mol. The van der Waals surface area contributed by atoms with Crippen LogP contribution in [0.25, 0.3) is 10.9 Å². The number of benzene rings is 2. The van der Waals surface area contributed by atoms with Crippen molar-refractivity contribution >= 4 is 34.4 Å². The molecule has 2 aliphatic heterocycles. The summed E-state index contributed by atoms with van der Waals surface area (Å²) in [7, 11) is 0. The minimum absolute atomic E-state index is 0.0617. The van der Waals surface area contributed by atoms with Gasteiger partial charge in [0.05, 0.1) is 0 Å². The molecule has 39 heavy (non-hydrogen) atoms. The number of thioether (sulfide) groups is 1. The molecule has 1 aromatic heterocycles. The van der Waals surface area contributed by atoms with E-state index in [1.807, 2.05) is 11.8 Å². The minimum atomic E-state index is -4.37. The van der Waals surface area contributed by atoms with Gasteiger partial charge >= 0.3 is 5.51 Å². The molecule has 0 aliphatic carbocycles. The number of carbonyl (C=O) groups is 2. The van der Waals surface area contributed by atoms with Gasteiger partial charge in [0.15, 0.2) is 5.78 Å². The molecule has 5 nitrogen and oxygen atoms in total. The van der Waals surface area contributed by atoms with Crippen LogP contribution in [0.15, 0.2) is 53.4 Å². The maximum atomic E-state index is 13.5. The smallest absolute Gasteiger partial charge is 0.350 e. The summed E-state index contributed by atoms with van der Waals surface area (Å²) in [6.45, 7) is 4.46. The van der Waals surface area contributed by atoms with Gasteiger partial charge < -0.3 is 14.8 Å². The number of nitrogens with one attached hydrogen (secondary N) is 1. The van der Waals surface area contributed by atoms with Crippen LogP contribution in [0.1, 0.15) is 59.9 Å². The topological polar surface area (TPSA) is 56.4 Å². The molecule has 0 radical (unpaired) electrons. The Bertz CT molecular complexity index is 1330. The number of H-pyrrole nitrogens is 1. The number of Topliss-reactive ketones (excluding diaryl/α,β-unsaturated/α-hetero) is 1. The molecule has 208 valence electrons. The number of fused-ring (bicyclic) bond motifs is 1. The van der Waals surface area contributed by atoms with E-state index in [0.29, 0.717) is 22.2 Å². The van der Waals surface area contributed by atoms with Gasteiger partial charge in [0.25, 0.3) is 5.91 Å². The van der Waals surface area contributed by atoms with Gasteiger partial charge in [-0.3, -0.25) is 9.59 Å². The summed E-state index contributed by atoms with van der Waals surface area (Å²) in [6.07, 6.45) is 4.13. The van der Waals surface area contributed by atoms with Crippen LogP contribution in [0.3, 0.4) is 0 Å². The first kappa shape index (κ1) is 27.7. The predicted octanol–water partition coefficient (Wildman–Crippen LogP) is 6.90. The number of rotatable bonds is 7. The van der Waals surface area contributed by atoms with Crippen LogP contribution >= 0.6 is 11.8 Å². The molecule has 3 aromatic rings. The summed E-state index contributed by atoms with van der Waals surface area (Å²) < 4.78 is 51.5. The number of aromatic nitrogens is 1. The van der Waals surface area contributed by atoms with Crippen molar-refractivity contribution in [3.63, 3.8) is 0 Å². The Morgan fingerprint density at radius 2 is 1.72 bits per heavy atom. The largest absolute Gasteiger partial charge is 0.446 e. The third kappa shape index (κ3) is 6.49. The number of nitrogens with zero attached hydrogens (tertiary/aromatic N) is 2. The van der Waals surface area contributed by atoms with Crippen molar-refractivity contribution in [2.75, 3.05) is 19.6 Å². The standard InChI is InChI=1S/C29H31F4N3O2S/c1-18-2-8-23(12-15-35-13-10-20(11-14-35)27(37)19-3-6-22(30)7-4-19)36(18)28(38)26-16-21-5-9-24(17-25(21)34-26)39-29(31,32)33/h3-7,9,16-18,20,23,34H,2,8,10-15H2,1H3/t18-,23-/m0/s1. The quantitative estimate of drug-likeness (QED) is 0.194. The van der Waals surface area contributed by atoms with Crippen molar-refractivity contribution in [1.82, 2.24) is 14.8 Å². The normalized spacial score (nSPS) is 21.1. The van der Waals surface area contributed by atoms with Crippen molar-refractivity contribution < 1.29 is 27.2 Å². The lowest BCUT2D eigenvalue weighted by molar-refractivity contribution is -0.0328. The molecule has 2 atom stereocenters. The van der Waals surface area contributed by atoms with E-state index in [1.54, 1.807) is 24.3 Å². The Hall–Kier alpha value is -2.85. The molecule has 0 bridgehead atoms. The number of likely N-dealkylation sites (tertiary alicyclic amines) is 2. The number of alkyl halides is 3. The summed E-state index contributed by atoms with van der Waals surface area (Å²) in [5.41, 5.74) is -2.92. The van der Waals surface area contributed by atoms with E-state index in [4.69, 9.17) is 0 Å². The van der Waals surface area contributed by atoms with Crippen LogP contribution in [0, 0.1) is 11.7 Å². The maximum absolute atomic E-state index is 13.5. The van der Waals surface area contributed by atoms with Crippen molar-refractivity contribution in [1.29, 1.82) is 0 Å². The van der Waals surface area contributed by atoms with Crippen LogP contribution in [0.5, 0.6) is 0 Å².